The van der Waals surface area contributed by atoms with Crippen LogP contribution in [0.5, 0.6) is 0 Å². The highest BCUT2D eigenvalue weighted by atomic mass is 16.5. The average Bonchev–Trinajstić information content (AvgIpc) is 3.14. The number of carbonyl (C=O) groups excluding carboxylic acids is 2. The average molecular weight is 435 g/mol. The number of methoxy groups -OCH3 is 1. The van der Waals surface area contributed by atoms with Gasteiger partial charge in [-0.1, -0.05) is 6.07 Å². The fourth-order valence-corrected chi connectivity index (χ4v) is 3.14. The summed E-state index contributed by atoms with van der Waals surface area (Å²) in [5.41, 5.74) is 2.24. The first-order valence-corrected chi connectivity index (χ1v) is 10.3. The van der Waals surface area contributed by atoms with Crippen LogP contribution in [0.25, 0.3) is 11.2 Å². The Kier molecular flexibility index (Phi) is 7.18. The number of ether oxygens (including phenoxy) is 1. The van der Waals surface area contributed by atoms with Gasteiger partial charge in [-0.15, -0.1) is 0 Å². The first kappa shape index (κ1) is 22.9. The molecule has 2 aromatic heterocycles. The zero-order valence-electron chi connectivity index (χ0n) is 18.6. The number of rotatable bonds is 8. The Bertz CT molecular complexity index is 1180. The number of hydrogen-bond acceptors (Lipinski definition) is 6. The molecule has 0 saturated carbocycles. The Balaban J connectivity index is 1.97. The van der Waals surface area contributed by atoms with Crippen LogP contribution in [0.15, 0.2) is 36.5 Å². The van der Waals surface area contributed by atoms with Crippen LogP contribution in [0.3, 0.4) is 0 Å². The number of nitriles is 1. The van der Waals surface area contributed by atoms with Gasteiger partial charge in [0.25, 0.3) is 11.8 Å². The molecular formula is C23H26N6O3. The molecular weight excluding hydrogens is 408 g/mol. The summed E-state index contributed by atoms with van der Waals surface area (Å²) in [6.45, 7) is 4.92. The summed E-state index contributed by atoms with van der Waals surface area (Å²) in [6, 6.07) is 10.2. The Hall–Kier alpha value is -3.77. The molecule has 0 spiro atoms. The molecule has 3 rings (SSSR count). The molecule has 0 aliphatic heterocycles. The second kappa shape index (κ2) is 10.0. The lowest BCUT2D eigenvalue weighted by molar-refractivity contribution is 0.0754. The van der Waals surface area contributed by atoms with E-state index in [-0.39, 0.29) is 17.9 Å². The van der Waals surface area contributed by atoms with Gasteiger partial charge >= 0.3 is 0 Å². The summed E-state index contributed by atoms with van der Waals surface area (Å²) in [6.07, 6.45) is 2.22. The number of carbonyl (C=O) groups is 2. The Labute approximate surface area is 186 Å². The maximum atomic E-state index is 12.8. The molecule has 9 heteroatoms. The summed E-state index contributed by atoms with van der Waals surface area (Å²) >= 11 is 0. The minimum Gasteiger partial charge on any atom is -0.385 e. The Morgan fingerprint density at radius 2 is 2.06 bits per heavy atom. The van der Waals surface area contributed by atoms with Crippen LogP contribution in [-0.2, 0) is 11.3 Å². The number of fused-ring (bicyclic) bond motifs is 1. The number of imidazole rings is 1. The van der Waals surface area contributed by atoms with Crippen molar-refractivity contribution in [1.82, 2.24) is 19.4 Å². The predicted molar refractivity (Wildman–Crippen MR) is 120 cm³/mol. The van der Waals surface area contributed by atoms with Crippen molar-refractivity contribution >= 4 is 28.9 Å². The van der Waals surface area contributed by atoms with Crippen LogP contribution in [0.2, 0.25) is 0 Å². The van der Waals surface area contributed by atoms with Crippen molar-refractivity contribution in [1.29, 1.82) is 5.26 Å². The van der Waals surface area contributed by atoms with E-state index < -0.39 is 0 Å². The van der Waals surface area contributed by atoms with E-state index in [1.54, 1.807) is 47.9 Å². The number of nitrogens with one attached hydrogen (secondary N) is 1. The standard InChI is InChI=1S/C23H26N6O3/c1-15(2)28(3)22(31)18-12-19-20(25-14-18)29(9-6-10-32-4)23(26-19)27-21(30)17-8-5-7-16(11-17)13-24/h5,7-8,11-12,14-15H,6,9-10H2,1-4H3,(H,26,27,30). The number of aromatic nitrogens is 3. The van der Waals surface area contributed by atoms with Gasteiger partial charge in [0.1, 0.15) is 5.52 Å². The molecule has 1 N–H and O–H groups in total. The van der Waals surface area contributed by atoms with Crippen molar-refractivity contribution in [2.24, 2.45) is 0 Å². The van der Waals surface area contributed by atoms with Crippen molar-refractivity contribution in [3.63, 3.8) is 0 Å². The summed E-state index contributed by atoms with van der Waals surface area (Å²) in [4.78, 5) is 36.1. The molecule has 0 aliphatic carbocycles. The number of aryl methyl sites for hydroxylation is 1. The van der Waals surface area contributed by atoms with Crippen LogP contribution >= 0.6 is 0 Å². The van der Waals surface area contributed by atoms with Crippen LogP contribution in [0.1, 0.15) is 46.5 Å². The maximum absolute atomic E-state index is 12.8. The van der Waals surface area contributed by atoms with E-state index in [4.69, 9.17) is 10.00 Å². The van der Waals surface area contributed by atoms with Gasteiger partial charge in [0.05, 0.1) is 17.2 Å². The topological polar surface area (TPSA) is 113 Å². The zero-order chi connectivity index (χ0) is 23.3. The minimum atomic E-state index is -0.388. The molecule has 32 heavy (non-hydrogen) atoms. The summed E-state index contributed by atoms with van der Waals surface area (Å²) in [5.74, 6) is -0.221. The normalized spacial score (nSPS) is 10.9. The molecule has 0 aliphatic rings. The highest BCUT2D eigenvalue weighted by Crippen LogP contribution is 2.21. The number of amides is 2. The van der Waals surface area contributed by atoms with Gasteiger partial charge in [0.15, 0.2) is 5.65 Å². The zero-order valence-corrected chi connectivity index (χ0v) is 18.6. The lowest BCUT2D eigenvalue weighted by atomic mass is 10.1. The van der Waals surface area contributed by atoms with Gasteiger partial charge in [-0.2, -0.15) is 5.26 Å². The third-order valence-corrected chi connectivity index (χ3v) is 5.14. The minimum absolute atomic E-state index is 0.0452. The van der Waals surface area contributed by atoms with Gasteiger partial charge in [-0.3, -0.25) is 19.5 Å². The summed E-state index contributed by atoms with van der Waals surface area (Å²) < 4.78 is 6.94. The van der Waals surface area contributed by atoms with E-state index in [1.807, 2.05) is 19.9 Å². The molecule has 0 bridgehead atoms. The SMILES string of the molecule is COCCCn1c(NC(=O)c2cccc(C#N)c2)nc2cc(C(=O)N(C)C(C)C)cnc21. The first-order valence-electron chi connectivity index (χ1n) is 10.3. The predicted octanol–water partition coefficient (Wildman–Crippen LogP) is 3.07. The smallest absolute Gasteiger partial charge is 0.258 e. The van der Waals surface area contributed by atoms with Gasteiger partial charge < -0.3 is 9.64 Å². The third kappa shape index (κ3) is 4.92. The van der Waals surface area contributed by atoms with Crippen LogP contribution in [0, 0.1) is 11.3 Å². The number of hydrogen-bond donors (Lipinski definition) is 1. The van der Waals surface area contributed by atoms with Crippen LogP contribution < -0.4 is 5.32 Å². The van der Waals surface area contributed by atoms with E-state index in [2.05, 4.69) is 15.3 Å². The lowest BCUT2D eigenvalue weighted by Crippen LogP contribution is -2.33. The summed E-state index contributed by atoms with van der Waals surface area (Å²) in [7, 11) is 3.36. The molecule has 0 saturated heterocycles. The monoisotopic (exact) mass is 434 g/mol. The van der Waals surface area contributed by atoms with Gasteiger partial charge in [0, 0.05) is 45.1 Å². The van der Waals surface area contributed by atoms with Crippen molar-refractivity contribution in [2.45, 2.75) is 32.9 Å². The molecule has 2 heterocycles. The second-order valence-corrected chi connectivity index (χ2v) is 7.66. The van der Waals surface area contributed by atoms with E-state index in [0.717, 1.165) is 0 Å². The second-order valence-electron chi connectivity index (χ2n) is 7.66. The molecule has 0 unspecified atom stereocenters. The van der Waals surface area contributed by atoms with Gasteiger partial charge in [0.2, 0.25) is 5.95 Å². The molecule has 166 valence electrons. The number of pyridine rings is 1. The molecule has 9 nitrogen and oxygen atoms in total. The van der Waals surface area contributed by atoms with Gasteiger partial charge in [-0.05, 0) is 44.5 Å². The largest absolute Gasteiger partial charge is 0.385 e. The molecule has 0 atom stereocenters. The van der Waals surface area contributed by atoms with E-state index >= 15 is 0 Å². The maximum Gasteiger partial charge on any atom is 0.258 e. The van der Waals surface area contributed by atoms with E-state index in [9.17, 15) is 9.59 Å². The quantitative estimate of drug-likeness (QED) is 0.545. The van der Waals surface area contributed by atoms with E-state index in [0.29, 0.717) is 53.4 Å². The third-order valence-electron chi connectivity index (χ3n) is 5.14. The molecule has 3 aromatic rings. The molecule has 0 fully saturated rings. The first-order chi connectivity index (χ1) is 15.3. The van der Waals surface area contributed by atoms with Crippen molar-refractivity contribution in [3.8, 4) is 6.07 Å². The van der Waals surface area contributed by atoms with Crippen molar-refractivity contribution < 1.29 is 14.3 Å². The highest BCUT2D eigenvalue weighted by Gasteiger charge is 2.20. The fourth-order valence-electron chi connectivity index (χ4n) is 3.14. The Morgan fingerprint density at radius 1 is 1.28 bits per heavy atom. The van der Waals surface area contributed by atoms with Crippen LogP contribution in [0.4, 0.5) is 5.95 Å². The fraction of sp³-hybridized carbons (Fsp3) is 0.348. The summed E-state index contributed by atoms with van der Waals surface area (Å²) in [5, 5.41) is 11.9. The number of benzene rings is 1. The highest BCUT2D eigenvalue weighted by molar-refractivity contribution is 6.04. The Morgan fingerprint density at radius 3 is 2.75 bits per heavy atom. The van der Waals surface area contributed by atoms with Crippen LogP contribution in [-0.4, -0.2) is 58.1 Å². The number of anilines is 1. The van der Waals surface area contributed by atoms with Crippen molar-refractivity contribution in [3.05, 3.63) is 53.2 Å². The molecule has 0 radical (unpaired) electrons. The number of nitrogens with zero attached hydrogens (tertiary/aromatic N) is 5. The molecule has 2 amide bonds. The lowest BCUT2D eigenvalue weighted by Gasteiger charge is -2.21. The van der Waals surface area contributed by atoms with Gasteiger partial charge in [-0.25, -0.2) is 9.97 Å². The molecule has 1 aromatic carbocycles. The van der Waals surface area contributed by atoms with E-state index in [1.165, 1.54) is 12.3 Å². The van der Waals surface area contributed by atoms with Crippen molar-refractivity contribution in [2.75, 3.05) is 26.1 Å².